The number of benzene rings is 1. The van der Waals surface area contributed by atoms with Crippen molar-refractivity contribution in [3.63, 3.8) is 0 Å². The lowest BCUT2D eigenvalue weighted by Gasteiger charge is -2.05. The molecule has 2 rings (SSSR count). The lowest BCUT2D eigenvalue weighted by atomic mass is 10.2. The molecule has 1 aromatic carbocycles. The van der Waals surface area contributed by atoms with Gasteiger partial charge in [0.2, 0.25) is 0 Å². The highest BCUT2D eigenvalue weighted by atomic mass is 79.9. The second-order valence-corrected chi connectivity index (χ2v) is 5.39. The minimum absolute atomic E-state index is 0.0681. The van der Waals surface area contributed by atoms with Crippen molar-refractivity contribution in [2.24, 2.45) is 0 Å². The molecular weight excluding hydrogens is 322 g/mol. The van der Waals surface area contributed by atoms with Gasteiger partial charge in [-0.3, -0.25) is 10.1 Å². The van der Waals surface area contributed by atoms with Gasteiger partial charge < -0.3 is 9.88 Å². The third-order valence-corrected chi connectivity index (χ3v) is 3.60. The molecule has 0 saturated carbocycles. The lowest BCUT2D eigenvalue weighted by molar-refractivity contribution is -0.385. The van der Waals surface area contributed by atoms with E-state index in [1.807, 2.05) is 12.3 Å². The summed E-state index contributed by atoms with van der Waals surface area (Å²) in [5.41, 5.74) is 1.96. The molecule has 0 atom stereocenters. The average molecular weight is 338 g/mol. The van der Waals surface area contributed by atoms with Gasteiger partial charge in [0.15, 0.2) is 0 Å². The van der Waals surface area contributed by atoms with Crippen LogP contribution < -0.4 is 5.32 Å². The number of aromatic nitrogens is 1. The molecular formula is C14H16BrN3O2. The number of rotatable bonds is 6. The van der Waals surface area contributed by atoms with Gasteiger partial charge in [-0.05, 0) is 46.1 Å². The number of nitro benzene ring substituents is 1. The molecule has 5 nitrogen and oxygen atoms in total. The van der Waals surface area contributed by atoms with Gasteiger partial charge in [-0.2, -0.15) is 0 Å². The first-order chi connectivity index (χ1) is 9.60. The maximum atomic E-state index is 10.9. The Bertz CT molecular complexity index is 610. The van der Waals surface area contributed by atoms with Crippen molar-refractivity contribution in [3.05, 3.63) is 56.8 Å². The molecule has 0 fully saturated rings. The van der Waals surface area contributed by atoms with E-state index in [-0.39, 0.29) is 5.69 Å². The van der Waals surface area contributed by atoms with Crippen molar-refractivity contribution in [1.29, 1.82) is 0 Å². The van der Waals surface area contributed by atoms with Crippen molar-refractivity contribution in [2.45, 2.75) is 26.4 Å². The first-order valence-electron chi connectivity index (χ1n) is 6.42. The predicted octanol–water partition coefficient (Wildman–Crippen LogP) is 4.18. The number of nitro groups is 1. The van der Waals surface area contributed by atoms with Gasteiger partial charge >= 0.3 is 0 Å². The Morgan fingerprint density at radius 1 is 1.40 bits per heavy atom. The third kappa shape index (κ3) is 3.60. The molecule has 0 amide bonds. The standard InChI is InChI=1S/C14H16BrN3O2/c1-2-6-17-7-5-11(10-17)9-16-12-3-4-13(15)14(8-12)18(19)20/h3-5,7-8,10,16H,2,6,9H2,1H3. The smallest absolute Gasteiger partial charge is 0.285 e. The Labute approximate surface area is 125 Å². The summed E-state index contributed by atoms with van der Waals surface area (Å²) in [6, 6.07) is 7.09. The Morgan fingerprint density at radius 3 is 2.90 bits per heavy atom. The number of aryl methyl sites for hydroxylation is 1. The first-order valence-corrected chi connectivity index (χ1v) is 7.22. The summed E-state index contributed by atoms with van der Waals surface area (Å²) in [5, 5.41) is 14.1. The number of hydrogen-bond donors (Lipinski definition) is 1. The summed E-state index contributed by atoms with van der Waals surface area (Å²) in [6.45, 7) is 3.79. The highest BCUT2D eigenvalue weighted by Gasteiger charge is 2.12. The normalized spacial score (nSPS) is 10.5. The summed E-state index contributed by atoms with van der Waals surface area (Å²) in [6.07, 6.45) is 5.23. The molecule has 1 aromatic heterocycles. The average Bonchev–Trinajstić information content (AvgIpc) is 2.86. The van der Waals surface area contributed by atoms with Gasteiger partial charge in [0.05, 0.1) is 9.40 Å². The van der Waals surface area contributed by atoms with Crippen LogP contribution in [0.25, 0.3) is 0 Å². The van der Waals surface area contributed by atoms with Crippen LogP contribution in [0, 0.1) is 10.1 Å². The highest BCUT2D eigenvalue weighted by Crippen LogP contribution is 2.28. The van der Waals surface area contributed by atoms with Gasteiger partial charge in [0.1, 0.15) is 0 Å². The van der Waals surface area contributed by atoms with Crippen molar-refractivity contribution in [1.82, 2.24) is 4.57 Å². The van der Waals surface area contributed by atoms with E-state index < -0.39 is 4.92 Å². The summed E-state index contributed by atoms with van der Waals surface area (Å²) in [7, 11) is 0. The van der Waals surface area contributed by atoms with Crippen LogP contribution in [0.1, 0.15) is 18.9 Å². The van der Waals surface area contributed by atoms with Crippen LogP contribution in [0.3, 0.4) is 0 Å². The van der Waals surface area contributed by atoms with E-state index in [0.717, 1.165) is 24.2 Å². The van der Waals surface area contributed by atoms with Crippen LogP contribution in [0.15, 0.2) is 41.1 Å². The number of nitrogens with zero attached hydrogens (tertiary/aromatic N) is 2. The fraction of sp³-hybridized carbons (Fsp3) is 0.286. The molecule has 1 N–H and O–H groups in total. The Kier molecular flexibility index (Phi) is 4.79. The maximum absolute atomic E-state index is 10.9. The molecule has 0 unspecified atom stereocenters. The topological polar surface area (TPSA) is 60.1 Å². The van der Waals surface area contributed by atoms with E-state index in [1.54, 1.807) is 6.07 Å². The van der Waals surface area contributed by atoms with Crippen LogP contribution in [-0.4, -0.2) is 9.49 Å². The van der Waals surface area contributed by atoms with E-state index >= 15 is 0 Å². The van der Waals surface area contributed by atoms with Gasteiger partial charge in [-0.1, -0.05) is 6.92 Å². The fourth-order valence-corrected chi connectivity index (χ4v) is 2.35. The van der Waals surface area contributed by atoms with Crippen LogP contribution in [0.4, 0.5) is 11.4 Å². The summed E-state index contributed by atoms with van der Waals surface area (Å²) < 4.78 is 2.63. The molecule has 0 radical (unpaired) electrons. The van der Waals surface area contributed by atoms with Crippen molar-refractivity contribution >= 4 is 27.3 Å². The van der Waals surface area contributed by atoms with Crippen LogP contribution in [-0.2, 0) is 13.1 Å². The van der Waals surface area contributed by atoms with Crippen LogP contribution >= 0.6 is 15.9 Å². The predicted molar refractivity (Wildman–Crippen MR) is 82.8 cm³/mol. The van der Waals surface area contributed by atoms with Crippen molar-refractivity contribution in [3.8, 4) is 0 Å². The van der Waals surface area contributed by atoms with Gasteiger partial charge in [0.25, 0.3) is 5.69 Å². The number of halogens is 1. The second-order valence-electron chi connectivity index (χ2n) is 4.53. The van der Waals surface area contributed by atoms with E-state index in [1.165, 1.54) is 6.07 Å². The van der Waals surface area contributed by atoms with Gasteiger partial charge in [-0.15, -0.1) is 0 Å². The molecule has 20 heavy (non-hydrogen) atoms. The minimum atomic E-state index is -0.396. The number of hydrogen-bond acceptors (Lipinski definition) is 3. The molecule has 0 aliphatic carbocycles. The molecule has 0 aliphatic rings. The molecule has 1 heterocycles. The first kappa shape index (κ1) is 14.6. The van der Waals surface area contributed by atoms with E-state index in [4.69, 9.17) is 0 Å². The summed E-state index contributed by atoms with van der Waals surface area (Å²) in [5.74, 6) is 0. The number of anilines is 1. The van der Waals surface area contributed by atoms with Gasteiger partial charge in [0, 0.05) is 37.2 Å². The van der Waals surface area contributed by atoms with E-state index in [0.29, 0.717) is 11.0 Å². The largest absolute Gasteiger partial charge is 0.381 e. The minimum Gasteiger partial charge on any atom is -0.381 e. The molecule has 0 spiro atoms. The van der Waals surface area contributed by atoms with Crippen molar-refractivity contribution < 1.29 is 4.92 Å². The third-order valence-electron chi connectivity index (χ3n) is 2.93. The Hall–Kier alpha value is -1.82. The monoisotopic (exact) mass is 337 g/mol. The van der Waals surface area contributed by atoms with Crippen LogP contribution in [0.2, 0.25) is 0 Å². The quantitative estimate of drug-likeness (QED) is 0.635. The van der Waals surface area contributed by atoms with Crippen molar-refractivity contribution in [2.75, 3.05) is 5.32 Å². The fourth-order valence-electron chi connectivity index (χ4n) is 1.96. The molecule has 2 aromatic rings. The van der Waals surface area contributed by atoms with Crippen LogP contribution in [0.5, 0.6) is 0 Å². The molecule has 0 aliphatic heterocycles. The molecule has 0 bridgehead atoms. The highest BCUT2D eigenvalue weighted by molar-refractivity contribution is 9.10. The van der Waals surface area contributed by atoms with Gasteiger partial charge in [-0.25, -0.2) is 0 Å². The maximum Gasteiger partial charge on any atom is 0.285 e. The zero-order chi connectivity index (χ0) is 14.5. The zero-order valence-corrected chi connectivity index (χ0v) is 12.8. The second kappa shape index (κ2) is 6.56. The molecule has 6 heteroatoms. The number of nitrogens with one attached hydrogen (secondary N) is 1. The Balaban J connectivity index is 2.03. The lowest BCUT2D eigenvalue weighted by Crippen LogP contribution is -2.00. The molecule has 0 saturated heterocycles. The molecule has 106 valence electrons. The van der Waals surface area contributed by atoms with E-state index in [2.05, 4.69) is 45.0 Å². The SMILES string of the molecule is CCCn1ccc(CNc2ccc(Br)c([N+](=O)[O-])c2)c1. The summed E-state index contributed by atoms with van der Waals surface area (Å²) >= 11 is 3.17. The Morgan fingerprint density at radius 2 is 2.20 bits per heavy atom. The van der Waals surface area contributed by atoms with E-state index in [9.17, 15) is 10.1 Å². The summed E-state index contributed by atoms with van der Waals surface area (Å²) in [4.78, 5) is 10.5. The zero-order valence-electron chi connectivity index (χ0n) is 11.2.